The van der Waals surface area contributed by atoms with Crippen molar-refractivity contribution in [1.82, 2.24) is 15.2 Å². The van der Waals surface area contributed by atoms with Crippen LogP contribution in [0.2, 0.25) is 0 Å². The number of aryl methyl sites for hydroxylation is 1. The lowest BCUT2D eigenvalue weighted by Gasteiger charge is -2.27. The maximum Gasteiger partial charge on any atom is 0.253 e. The predicted octanol–water partition coefficient (Wildman–Crippen LogP) is 2.38. The van der Waals surface area contributed by atoms with Gasteiger partial charge >= 0.3 is 0 Å². The molecule has 0 spiro atoms. The topological polar surface area (TPSA) is 115 Å². The van der Waals surface area contributed by atoms with E-state index in [0.717, 1.165) is 59.5 Å². The number of nitrogens with two attached hydrogens (primary N) is 1. The van der Waals surface area contributed by atoms with Crippen molar-refractivity contribution in [2.45, 2.75) is 25.4 Å². The van der Waals surface area contributed by atoms with Crippen LogP contribution in [0.5, 0.6) is 0 Å². The lowest BCUT2D eigenvalue weighted by atomic mass is 9.83. The number of pyridine rings is 1. The molecule has 1 aliphatic heterocycles. The van der Waals surface area contributed by atoms with Crippen LogP contribution in [0.15, 0.2) is 36.4 Å². The first-order valence-electron chi connectivity index (χ1n) is 11.1. The van der Waals surface area contributed by atoms with E-state index in [4.69, 9.17) is 16.1 Å². The van der Waals surface area contributed by atoms with Crippen LogP contribution in [0.1, 0.15) is 33.5 Å². The van der Waals surface area contributed by atoms with Crippen LogP contribution in [0.3, 0.4) is 0 Å². The molecule has 2 heterocycles. The number of anilines is 1. The Balaban J connectivity index is 1.59. The number of nitrogen functional groups attached to an aromatic ring is 1. The average Bonchev–Trinajstić information content (AvgIpc) is 2.83. The third-order valence-corrected chi connectivity index (χ3v) is 6.56. The summed E-state index contributed by atoms with van der Waals surface area (Å²) in [6, 6.07) is 11.3. The van der Waals surface area contributed by atoms with Gasteiger partial charge in [0.05, 0.1) is 17.3 Å². The van der Waals surface area contributed by atoms with E-state index in [2.05, 4.69) is 5.32 Å². The fraction of sp³-hybridized carbons (Fsp3) is 0.320. The van der Waals surface area contributed by atoms with Crippen LogP contribution >= 0.6 is 0 Å². The van der Waals surface area contributed by atoms with Gasteiger partial charge in [-0.2, -0.15) is 0 Å². The van der Waals surface area contributed by atoms with Gasteiger partial charge in [-0.25, -0.2) is 4.98 Å². The van der Waals surface area contributed by atoms with E-state index in [1.165, 1.54) is 6.21 Å². The van der Waals surface area contributed by atoms with E-state index in [9.17, 15) is 9.90 Å². The Hall–Kier alpha value is -3.29. The van der Waals surface area contributed by atoms with E-state index < -0.39 is 6.10 Å². The molecule has 7 nitrogen and oxygen atoms in total. The van der Waals surface area contributed by atoms with Crippen molar-refractivity contribution in [3.05, 3.63) is 58.7 Å². The van der Waals surface area contributed by atoms with E-state index in [1.54, 1.807) is 6.07 Å². The Morgan fingerprint density at radius 3 is 2.62 bits per heavy atom. The van der Waals surface area contributed by atoms with E-state index in [-0.39, 0.29) is 5.91 Å². The molecule has 0 radical (unpaired) electrons. The number of hydrogen-bond donors (Lipinski definition) is 4. The normalized spacial score (nSPS) is 18.4. The van der Waals surface area contributed by atoms with Gasteiger partial charge in [0.1, 0.15) is 0 Å². The highest BCUT2D eigenvalue weighted by Gasteiger charge is 2.25. The number of aromatic nitrogens is 1. The molecule has 1 saturated heterocycles. The number of hydrogen-bond acceptors (Lipinski definition) is 6. The van der Waals surface area contributed by atoms with Gasteiger partial charge in [0.15, 0.2) is 0 Å². The number of fused-ring (bicyclic) bond motifs is 3. The number of nitrogens with one attached hydrogen (secondary N) is 2. The Bertz CT molecular complexity index is 1200. The number of aliphatic hydroxyl groups is 1. The molecule has 0 bridgehead atoms. The SMILES string of the molecule is N=Cc1c(N)ccc2nc(-c3ccc(C(=O)N4CCNCC4)cc3)c3c(c12)CCC(O)C3. The fourth-order valence-corrected chi connectivity index (χ4v) is 4.88. The lowest BCUT2D eigenvalue weighted by molar-refractivity contribution is 0.0736. The Morgan fingerprint density at radius 1 is 1.16 bits per heavy atom. The molecule has 7 heteroatoms. The standard InChI is InChI=1S/C25H27N5O2/c26-14-20-21(27)7-8-22-23(20)18-6-5-17(31)13-19(18)24(29-22)15-1-3-16(4-2-15)25(32)30-11-9-28-10-12-30/h1-4,7-8,14,17,26,28,31H,5-6,9-13,27H2. The summed E-state index contributed by atoms with van der Waals surface area (Å²) >= 11 is 0. The first-order chi connectivity index (χ1) is 15.6. The molecule has 1 unspecified atom stereocenters. The molecule has 1 aliphatic carbocycles. The molecule has 0 saturated carbocycles. The van der Waals surface area contributed by atoms with Crippen LogP contribution in [0.4, 0.5) is 5.69 Å². The quantitative estimate of drug-likeness (QED) is 0.377. The molecule has 1 amide bonds. The van der Waals surface area contributed by atoms with Crippen LogP contribution in [0, 0.1) is 5.41 Å². The van der Waals surface area contributed by atoms with Gasteiger partial charge in [-0.3, -0.25) is 4.79 Å². The fourth-order valence-electron chi connectivity index (χ4n) is 4.88. The summed E-state index contributed by atoms with van der Waals surface area (Å²) in [5.74, 6) is 0.0491. The van der Waals surface area contributed by atoms with E-state index in [1.807, 2.05) is 35.2 Å². The highest BCUT2D eigenvalue weighted by molar-refractivity contribution is 6.05. The zero-order valence-corrected chi connectivity index (χ0v) is 17.9. The molecular formula is C25H27N5O2. The Morgan fingerprint density at radius 2 is 1.91 bits per heavy atom. The average molecular weight is 430 g/mol. The van der Waals surface area contributed by atoms with Crippen LogP contribution in [0.25, 0.3) is 22.2 Å². The van der Waals surface area contributed by atoms with E-state index in [0.29, 0.717) is 36.1 Å². The van der Waals surface area contributed by atoms with Crippen LogP contribution in [-0.4, -0.2) is 59.4 Å². The third-order valence-electron chi connectivity index (χ3n) is 6.56. The molecule has 5 rings (SSSR count). The van der Waals surface area contributed by atoms with Crippen molar-refractivity contribution < 1.29 is 9.90 Å². The largest absolute Gasteiger partial charge is 0.398 e. The maximum atomic E-state index is 12.8. The van der Waals surface area contributed by atoms with Gasteiger partial charge in [-0.05, 0) is 48.2 Å². The summed E-state index contributed by atoms with van der Waals surface area (Å²) in [5, 5.41) is 22.4. The number of amides is 1. The molecule has 1 atom stereocenters. The number of nitrogens with zero attached hydrogens (tertiary/aromatic N) is 2. The Kier molecular flexibility index (Phi) is 5.36. The molecule has 1 aromatic heterocycles. The first-order valence-corrected chi connectivity index (χ1v) is 11.1. The maximum absolute atomic E-state index is 12.8. The Labute approximate surface area is 186 Å². The first kappa shape index (κ1) is 20.6. The minimum absolute atomic E-state index is 0.0491. The van der Waals surface area contributed by atoms with Crippen molar-refractivity contribution in [3.8, 4) is 11.3 Å². The van der Waals surface area contributed by atoms with Gasteiger partial charge in [0, 0.05) is 66.6 Å². The van der Waals surface area contributed by atoms with Crippen LogP contribution < -0.4 is 11.1 Å². The summed E-state index contributed by atoms with van der Waals surface area (Å²) in [4.78, 5) is 19.6. The highest BCUT2D eigenvalue weighted by atomic mass is 16.3. The second-order valence-corrected chi connectivity index (χ2v) is 8.54. The predicted molar refractivity (Wildman–Crippen MR) is 126 cm³/mol. The highest BCUT2D eigenvalue weighted by Crippen LogP contribution is 2.37. The van der Waals surface area contributed by atoms with Gasteiger partial charge < -0.3 is 26.5 Å². The summed E-state index contributed by atoms with van der Waals surface area (Å²) in [6.07, 6.45) is 2.78. The minimum atomic E-state index is -0.418. The summed E-state index contributed by atoms with van der Waals surface area (Å²) in [6.45, 7) is 3.08. The van der Waals surface area contributed by atoms with Crippen LogP contribution in [-0.2, 0) is 12.8 Å². The minimum Gasteiger partial charge on any atom is -0.398 e. The van der Waals surface area contributed by atoms with Crippen molar-refractivity contribution >= 4 is 28.7 Å². The summed E-state index contributed by atoms with van der Waals surface area (Å²) < 4.78 is 0. The van der Waals surface area contributed by atoms with Gasteiger partial charge in [0.25, 0.3) is 5.91 Å². The summed E-state index contributed by atoms with van der Waals surface area (Å²) in [7, 11) is 0. The number of aliphatic hydroxyl groups excluding tert-OH is 1. The molecule has 164 valence electrons. The van der Waals surface area contributed by atoms with Gasteiger partial charge in [-0.15, -0.1) is 0 Å². The molecule has 2 aromatic carbocycles. The molecule has 2 aliphatic rings. The number of benzene rings is 2. The molecule has 32 heavy (non-hydrogen) atoms. The molecule has 3 aromatic rings. The van der Waals surface area contributed by atoms with Gasteiger partial charge in [0.2, 0.25) is 0 Å². The van der Waals surface area contributed by atoms with Crippen molar-refractivity contribution in [2.75, 3.05) is 31.9 Å². The van der Waals surface area contributed by atoms with Crippen molar-refractivity contribution in [3.63, 3.8) is 0 Å². The zero-order chi connectivity index (χ0) is 22.2. The smallest absolute Gasteiger partial charge is 0.253 e. The second-order valence-electron chi connectivity index (χ2n) is 8.54. The number of carbonyl (C=O) groups excluding carboxylic acids is 1. The molecule has 5 N–H and O–H groups in total. The lowest BCUT2D eigenvalue weighted by Crippen LogP contribution is -2.46. The third kappa shape index (κ3) is 3.53. The van der Waals surface area contributed by atoms with Crippen molar-refractivity contribution in [1.29, 1.82) is 5.41 Å². The number of carbonyl (C=O) groups is 1. The summed E-state index contributed by atoms with van der Waals surface area (Å²) in [5.41, 5.74) is 12.7. The number of piperazine rings is 1. The molecule has 1 fully saturated rings. The van der Waals surface area contributed by atoms with Crippen molar-refractivity contribution in [2.24, 2.45) is 0 Å². The monoisotopic (exact) mass is 429 g/mol. The van der Waals surface area contributed by atoms with E-state index >= 15 is 0 Å². The second kappa shape index (κ2) is 8.33. The number of rotatable bonds is 3. The van der Waals surface area contributed by atoms with Gasteiger partial charge in [-0.1, -0.05) is 12.1 Å². The zero-order valence-electron chi connectivity index (χ0n) is 17.9. The molecular weight excluding hydrogens is 402 g/mol.